The zero-order valence-electron chi connectivity index (χ0n) is 12.3. The molecule has 7 nitrogen and oxygen atoms in total. The Balaban J connectivity index is 2.41. The number of methoxy groups -OCH3 is 1. The Labute approximate surface area is 123 Å². The van der Waals surface area contributed by atoms with E-state index in [4.69, 9.17) is 9.84 Å². The molecular weight excluding hydrogens is 274 g/mol. The second-order valence-corrected chi connectivity index (χ2v) is 4.62. The highest BCUT2D eigenvalue weighted by Gasteiger charge is 2.19. The van der Waals surface area contributed by atoms with E-state index in [1.54, 1.807) is 13.2 Å². The van der Waals surface area contributed by atoms with E-state index in [1.807, 2.05) is 19.1 Å². The quantitative estimate of drug-likeness (QED) is 0.623. The van der Waals surface area contributed by atoms with Gasteiger partial charge < -0.3 is 20.5 Å². The largest absolute Gasteiger partial charge is 0.480 e. The molecule has 0 radical (unpaired) electrons. The van der Waals surface area contributed by atoms with E-state index < -0.39 is 18.0 Å². The fourth-order valence-corrected chi connectivity index (χ4v) is 1.77. The number of amides is 2. The number of pyridine rings is 1. The van der Waals surface area contributed by atoms with Crippen molar-refractivity contribution in [1.82, 2.24) is 15.6 Å². The Morgan fingerprint density at radius 3 is 2.81 bits per heavy atom. The fraction of sp³-hybridized carbons (Fsp3) is 0.500. The van der Waals surface area contributed by atoms with Gasteiger partial charge in [0, 0.05) is 19.4 Å². The second kappa shape index (κ2) is 8.91. The van der Waals surface area contributed by atoms with Gasteiger partial charge in [-0.05, 0) is 31.9 Å². The van der Waals surface area contributed by atoms with Crippen LogP contribution >= 0.6 is 0 Å². The first-order valence-corrected chi connectivity index (χ1v) is 6.71. The van der Waals surface area contributed by atoms with Gasteiger partial charge in [0.1, 0.15) is 6.04 Å². The molecule has 0 fully saturated rings. The number of aliphatic carboxylic acids is 1. The minimum atomic E-state index is -1.06. The molecule has 7 heteroatoms. The summed E-state index contributed by atoms with van der Waals surface area (Å²) in [6, 6.07) is 4.05. The van der Waals surface area contributed by atoms with E-state index in [-0.39, 0.29) is 6.54 Å². The molecule has 3 N–H and O–H groups in total. The van der Waals surface area contributed by atoms with Gasteiger partial charge in [-0.3, -0.25) is 4.98 Å². The lowest BCUT2D eigenvalue weighted by molar-refractivity contribution is -0.139. The average molecular weight is 295 g/mol. The molecule has 21 heavy (non-hydrogen) atoms. The molecule has 0 aliphatic heterocycles. The summed E-state index contributed by atoms with van der Waals surface area (Å²) in [5, 5.41) is 14.1. The van der Waals surface area contributed by atoms with Crippen molar-refractivity contribution in [3.05, 3.63) is 29.6 Å². The molecule has 0 saturated carbocycles. The van der Waals surface area contributed by atoms with Crippen molar-refractivity contribution in [1.29, 1.82) is 0 Å². The third-order valence-electron chi connectivity index (χ3n) is 2.82. The van der Waals surface area contributed by atoms with Gasteiger partial charge in [-0.15, -0.1) is 0 Å². The van der Waals surface area contributed by atoms with E-state index in [0.717, 1.165) is 11.4 Å². The van der Waals surface area contributed by atoms with Crippen molar-refractivity contribution < 1.29 is 19.4 Å². The number of ether oxygens (including phenoxy) is 1. The number of hydrogen-bond acceptors (Lipinski definition) is 4. The van der Waals surface area contributed by atoms with Crippen LogP contribution in [0.3, 0.4) is 0 Å². The van der Waals surface area contributed by atoms with E-state index in [2.05, 4.69) is 15.6 Å². The molecule has 1 atom stereocenters. The number of carbonyl (C=O) groups excluding carboxylic acids is 1. The smallest absolute Gasteiger partial charge is 0.326 e. The highest BCUT2D eigenvalue weighted by Crippen LogP contribution is 1.99. The van der Waals surface area contributed by atoms with Gasteiger partial charge in [-0.25, -0.2) is 9.59 Å². The summed E-state index contributed by atoms with van der Waals surface area (Å²) in [4.78, 5) is 27.0. The predicted molar refractivity (Wildman–Crippen MR) is 76.9 cm³/mol. The van der Waals surface area contributed by atoms with Crippen molar-refractivity contribution >= 4 is 12.0 Å². The SMILES string of the molecule is COCCCC(NC(=O)NCc1cccc(C)n1)C(=O)O. The minimum absolute atomic E-state index is 0.248. The zero-order valence-corrected chi connectivity index (χ0v) is 12.3. The van der Waals surface area contributed by atoms with Crippen LogP contribution in [0.1, 0.15) is 24.2 Å². The van der Waals surface area contributed by atoms with E-state index in [1.165, 1.54) is 0 Å². The van der Waals surface area contributed by atoms with Crippen LogP contribution in [0.25, 0.3) is 0 Å². The molecule has 0 saturated heterocycles. The molecule has 0 spiro atoms. The summed E-state index contributed by atoms with van der Waals surface area (Å²) in [7, 11) is 1.55. The second-order valence-electron chi connectivity index (χ2n) is 4.62. The van der Waals surface area contributed by atoms with Crippen LogP contribution in [0.5, 0.6) is 0 Å². The van der Waals surface area contributed by atoms with E-state index >= 15 is 0 Å². The molecule has 0 aromatic carbocycles. The van der Waals surface area contributed by atoms with Crippen LogP contribution in [-0.2, 0) is 16.1 Å². The molecule has 0 aliphatic rings. The van der Waals surface area contributed by atoms with E-state index in [9.17, 15) is 9.59 Å². The van der Waals surface area contributed by atoms with Gasteiger partial charge in [-0.2, -0.15) is 0 Å². The Bertz CT molecular complexity index is 479. The number of carbonyl (C=O) groups is 2. The third kappa shape index (κ3) is 6.71. The van der Waals surface area contributed by atoms with Crippen molar-refractivity contribution in [3.63, 3.8) is 0 Å². The molecule has 1 rings (SSSR count). The first kappa shape index (κ1) is 16.9. The number of aromatic nitrogens is 1. The summed E-state index contributed by atoms with van der Waals surface area (Å²) >= 11 is 0. The third-order valence-corrected chi connectivity index (χ3v) is 2.82. The fourth-order valence-electron chi connectivity index (χ4n) is 1.77. The monoisotopic (exact) mass is 295 g/mol. The van der Waals surface area contributed by atoms with Crippen LogP contribution in [-0.4, -0.2) is 41.8 Å². The molecule has 1 aromatic rings. The highest BCUT2D eigenvalue weighted by atomic mass is 16.5. The van der Waals surface area contributed by atoms with Crippen LogP contribution in [0.2, 0.25) is 0 Å². The van der Waals surface area contributed by atoms with Crippen molar-refractivity contribution in [2.45, 2.75) is 32.4 Å². The van der Waals surface area contributed by atoms with Gasteiger partial charge in [0.2, 0.25) is 0 Å². The number of aryl methyl sites for hydroxylation is 1. The topological polar surface area (TPSA) is 101 Å². The van der Waals surface area contributed by atoms with Crippen molar-refractivity contribution in [2.24, 2.45) is 0 Å². The lowest BCUT2D eigenvalue weighted by Gasteiger charge is -2.15. The number of nitrogens with zero attached hydrogens (tertiary/aromatic N) is 1. The Kier molecular flexibility index (Phi) is 7.17. The standard InChI is InChI=1S/C14H21N3O4/c1-10-5-3-6-11(16-10)9-15-14(20)17-12(13(18)19)7-4-8-21-2/h3,5-6,12H,4,7-9H2,1-2H3,(H,18,19)(H2,15,17,20). The van der Waals surface area contributed by atoms with Crippen LogP contribution in [0, 0.1) is 6.92 Å². The molecular formula is C14H21N3O4. The average Bonchev–Trinajstić information content (AvgIpc) is 2.44. The Morgan fingerprint density at radius 2 is 2.19 bits per heavy atom. The van der Waals surface area contributed by atoms with Crippen LogP contribution in [0.15, 0.2) is 18.2 Å². The normalized spacial score (nSPS) is 11.7. The summed E-state index contributed by atoms with van der Waals surface area (Å²) in [6.07, 6.45) is 0.881. The number of hydrogen-bond donors (Lipinski definition) is 3. The van der Waals surface area contributed by atoms with Gasteiger partial charge in [0.15, 0.2) is 0 Å². The molecule has 1 unspecified atom stereocenters. The lowest BCUT2D eigenvalue weighted by atomic mass is 10.1. The van der Waals surface area contributed by atoms with Crippen LogP contribution < -0.4 is 10.6 Å². The molecule has 0 bridgehead atoms. The molecule has 1 aromatic heterocycles. The Morgan fingerprint density at radius 1 is 1.43 bits per heavy atom. The zero-order chi connectivity index (χ0) is 15.7. The molecule has 116 valence electrons. The van der Waals surface area contributed by atoms with Crippen LogP contribution in [0.4, 0.5) is 4.79 Å². The van der Waals surface area contributed by atoms with E-state index in [0.29, 0.717) is 19.4 Å². The van der Waals surface area contributed by atoms with Crippen molar-refractivity contribution in [3.8, 4) is 0 Å². The number of carboxylic acid groups (broad SMARTS) is 1. The summed E-state index contributed by atoms with van der Waals surface area (Å²) in [5.74, 6) is -1.06. The molecule has 0 aliphatic carbocycles. The number of carboxylic acids is 1. The molecule has 2 amide bonds. The Hall–Kier alpha value is -2.15. The first-order chi connectivity index (χ1) is 10.0. The summed E-state index contributed by atoms with van der Waals surface area (Å²) in [6.45, 7) is 2.57. The number of urea groups is 1. The van der Waals surface area contributed by atoms with Gasteiger partial charge >= 0.3 is 12.0 Å². The maximum Gasteiger partial charge on any atom is 0.326 e. The summed E-state index contributed by atoms with van der Waals surface area (Å²) in [5.41, 5.74) is 1.58. The number of nitrogens with one attached hydrogen (secondary N) is 2. The maximum absolute atomic E-state index is 11.7. The van der Waals surface area contributed by atoms with Crippen molar-refractivity contribution in [2.75, 3.05) is 13.7 Å². The van der Waals surface area contributed by atoms with Gasteiger partial charge in [-0.1, -0.05) is 6.07 Å². The lowest BCUT2D eigenvalue weighted by Crippen LogP contribution is -2.45. The minimum Gasteiger partial charge on any atom is -0.480 e. The summed E-state index contributed by atoms with van der Waals surface area (Å²) < 4.78 is 4.86. The van der Waals surface area contributed by atoms with Gasteiger partial charge in [0.25, 0.3) is 0 Å². The number of rotatable bonds is 8. The predicted octanol–water partition coefficient (Wildman–Crippen LogP) is 1.07. The first-order valence-electron chi connectivity index (χ1n) is 6.71. The highest BCUT2D eigenvalue weighted by molar-refractivity contribution is 5.82. The van der Waals surface area contributed by atoms with Gasteiger partial charge in [0.05, 0.1) is 12.2 Å². The maximum atomic E-state index is 11.7. The molecule has 1 heterocycles.